The van der Waals surface area contributed by atoms with Crippen molar-refractivity contribution in [3.63, 3.8) is 0 Å². The van der Waals surface area contributed by atoms with Crippen molar-refractivity contribution in [2.24, 2.45) is 7.05 Å². The van der Waals surface area contributed by atoms with Gasteiger partial charge in [0.1, 0.15) is 0 Å². The molecule has 7 nitrogen and oxygen atoms in total. The molecule has 30 heavy (non-hydrogen) atoms. The molecule has 0 atom stereocenters. The highest BCUT2D eigenvalue weighted by atomic mass is 16.5. The van der Waals surface area contributed by atoms with E-state index in [0.717, 1.165) is 51.6 Å². The lowest BCUT2D eigenvalue weighted by molar-refractivity contribution is -0.105. The lowest BCUT2D eigenvalue weighted by Crippen LogP contribution is -2.29. The number of benzene rings is 2. The van der Waals surface area contributed by atoms with Crippen LogP contribution in [0.5, 0.6) is 0 Å². The van der Waals surface area contributed by atoms with Crippen LogP contribution in [0.3, 0.4) is 0 Å². The predicted octanol–water partition coefficient (Wildman–Crippen LogP) is 3.48. The Morgan fingerprint density at radius 2 is 1.83 bits per heavy atom. The van der Waals surface area contributed by atoms with Crippen LogP contribution in [-0.2, 0) is 16.6 Å². The van der Waals surface area contributed by atoms with Gasteiger partial charge in [-0.1, -0.05) is 18.2 Å². The number of amides is 1. The maximum atomic E-state index is 13.1. The molecule has 5 rings (SSSR count). The van der Waals surface area contributed by atoms with Gasteiger partial charge in [0.15, 0.2) is 0 Å². The highest BCUT2D eigenvalue weighted by molar-refractivity contribution is 6.04. The molecule has 0 spiro atoms. The molecule has 1 N–H and O–H groups in total. The molecular weight excluding hydrogens is 380 g/mol. The summed E-state index contributed by atoms with van der Waals surface area (Å²) >= 11 is 0. The number of carbonyl (C=O) groups is 1. The number of nitrogens with zero attached hydrogens (tertiary/aromatic N) is 3. The molecule has 0 saturated carbocycles. The number of hydrogen-bond donors (Lipinski definition) is 1. The quantitative estimate of drug-likeness (QED) is 0.530. The minimum Gasteiger partial charge on any atom is -0.381 e. The summed E-state index contributed by atoms with van der Waals surface area (Å²) in [6, 6.07) is 13.9. The zero-order chi connectivity index (χ0) is 20.7. The van der Waals surface area contributed by atoms with Gasteiger partial charge in [-0.2, -0.15) is 0 Å². The Labute approximate surface area is 172 Å². The van der Waals surface area contributed by atoms with Gasteiger partial charge in [-0.15, -0.1) is 0 Å². The number of aromatic nitrogens is 3. The average molecular weight is 402 g/mol. The largest absolute Gasteiger partial charge is 0.381 e. The first-order chi connectivity index (χ1) is 14.7. The second-order valence-electron chi connectivity index (χ2n) is 7.62. The number of aryl methyl sites for hydroxylation is 1. The third-order valence-corrected chi connectivity index (χ3v) is 5.92. The van der Waals surface area contributed by atoms with Gasteiger partial charge in [-0.05, 0) is 48.2 Å². The summed E-state index contributed by atoms with van der Waals surface area (Å²) in [5, 5.41) is 3.61. The van der Waals surface area contributed by atoms with Gasteiger partial charge in [0, 0.05) is 37.4 Å². The van der Waals surface area contributed by atoms with Crippen LogP contribution in [0, 0.1) is 0 Å². The molecule has 2 aromatic carbocycles. The molecule has 0 unspecified atom stereocenters. The Morgan fingerprint density at radius 1 is 1.10 bits per heavy atom. The number of pyridine rings is 1. The number of anilines is 1. The SMILES string of the molecule is Cn1c(=O)n(C2CCOCC2)c2c3cc(-c4ccc(NC=O)cc4)ccc3ncc21. The number of imidazole rings is 1. The van der Waals surface area contributed by atoms with Crippen LogP contribution in [0.1, 0.15) is 18.9 Å². The summed E-state index contributed by atoms with van der Waals surface area (Å²) in [6.07, 6.45) is 4.11. The van der Waals surface area contributed by atoms with Crippen LogP contribution in [-0.4, -0.2) is 33.7 Å². The second kappa shape index (κ2) is 7.42. The average Bonchev–Trinajstić information content (AvgIpc) is 3.05. The van der Waals surface area contributed by atoms with Crippen LogP contribution in [0.15, 0.2) is 53.5 Å². The molecule has 4 aromatic rings. The number of hydrogen-bond acceptors (Lipinski definition) is 4. The minimum absolute atomic E-state index is 0.0131. The van der Waals surface area contributed by atoms with Crippen molar-refractivity contribution < 1.29 is 9.53 Å². The molecule has 3 heterocycles. The zero-order valence-electron chi connectivity index (χ0n) is 16.7. The molecule has 1 fully saturated rings. The number of ether oxygens (including phenoxy) is 1. The summed E-state index contributed by atoms with van der Waals surface area (Å²) in [4.78, 5) is 28.3. The zero-order valence-corrected chi connectivity index (χ0v) is 16.7. The van der Waals surface area contributed by atoms with Crippen LogP contribution in [0.25, 0.3) is 33.1 Å². The van der Waals surface area contributed by atoms with E-state index in [-0.39, 0.29) is 11.7 Å². The molecule has 0 radical (unpaired) electrons. The fraction of sp³-hybridized carbons (Fsp3) is 0.261. The Kier molecular flexibility index (Phi) is 4.59. The van der Waals surface area contributed by atoms with Crippen molar-refractivity contribution >= 4 is 34.0 Å². The third-order valence-electron chi connectivity index (χ3n) is 5.92. The maximum absolute atomic E-state index is 13.1. The molecule has 0 aliphatic carbocycles. The molecule has 0 bridgehead atoms. The lowest BCUT2D eigenvalue weighted by Gasteiger charge is -2.23. The Bertz CT molecular complexity index is 1300. The summed E-state index contributed by atoms with van der Waals surface area (Å²) in [6.45, 7) is 1.34. The van der Waals surface area contributed by atoms with Crippen molar-refractivity contribution in [1.82, 2.24) is 14.1 Å². The lowest BCUT2D eigenvalue weighted by atomic mass is 10.0. The Balaban J connectivity index is 1.72. The smallest absolute Gasteiger partial charge is 0.329 e. The highest BCUT2D eigenvalue weighted by Crippen LogP contribution is 2.32. The third kappa shape index (κ3) is 2.98. The number of rotatable bonds is 4. The maximum Gasteiger partial charge on any atom is 0.329 e. The van der Waals surface area contributed by atoms with Crippen LogP contribution < -0.4 is 11.0 Å². The molecule has 1 amide bonds. The van der Waals surface area contributed by atoms with E-state index in [2.05, 4.69) is 16.4 Å². The molecule has 1 aliphatic rings. The van der Waals surface area contributed by atoms with Crippen molar-refractivity contribution in [3.8, 4) is 11.1 Å². The highest BCUT2D eigenvalue weighted by Gasteiger charge is 2.23. The fourth-order valence-electron chi connectivity index (χ4n) is 4.32. The number of fused-ring (bicyclic) bond motifs is 3. The molecule has 7 heteroatoms. The first-order valence-corrected chi connectivity index (χ1v) is 10.1. The van der Waals surface area contributed by atoms with E-state index in [1.54, 1.807) is 17.8 Å². The predicted molar refractivity (Wildman–Crippen MR) is 117 cm³/mol. The first-order valence-electron chi connectivity index (χ1n) is 10.1. The summed E-state index contributed by atoms with van der Waals surface area (Å²) in [7, 11) is 1.80. The normalized spacial score (nSPS) is 15.0. The minimum atomic E-state index is -0.0131. The second-order valence-corrected chi connectivity index (χ2v) is 7.62. The van der Waals surface area contributed by atoms with Gasteiger partial charge < -0.3 is 10.1 Å². The summed E-state index contributed by atoms with van der Waals surface area (Å²) < 4.78 is 9.13. The van der Waals surface area contributed by atoms with Crippen LogP contribution in [0.2, 0.25) is 0 Å². The van der Waals surface area contributed by atoms with E-state index in [0.29, 0.717) is 19.6 Å². The van der Waals surface area contributed by atoms with Crippen molar-refractivity contribution in [2.45, 2.75) is 18.9 Å². The van der Waals surface area contributed by atoms with Gasteiger partial charge in [0.25, 0.3) is 0 Å². The van der Waals surface area contributed by atoms with E-state index in [9.17, 15) is 9.59 Å². The molecule has 152 valence electrons. The fourth-order valence-corrected chi connectivity index (χ4v) is 4.32. The van der Waals surface area contributed by atoms with Crippen molar-refractivity contribution in [1.29, 1.82) is 0 Å². The van der Waals surface area contributed by atoms with Crippen molar-refractivity contribution in [2.75, 3.05) is 18.5 Å². The van der Waals surface area contributed by atoms with Gasteiger partial charge in [-0.3, -0.25) is 18.9 Å². The molecule has 1 saturated heterocycles. The number of nitrogens with one attached hydrogen (secondary N) is 1. The van der Waals surface area contributed by atoms with E-state index in [1.807, 2.05) is 41.0 Å². The van der Waals surface area contributed by atoms with Gasteiger partial charge in [0.05, 0.1) is 22.7 Å². The van der Waals surface area contributed by atoms with E-state index in [4.69, 9.17) is 4.74 Å². The molecule has 2 aromatic heterocycles. The standard InChI is InChI=1S/C23H22N4O3/c1-26-21-13-24-20-7-4-16(15-2-5-17(6-3-15)25-14-28)12-19(20)22(21)27(23(26)29)18-8-10-30-11-9-18/h2-7,12-14,18H,8-11H2,1H3,(H,25,28). The van der Waals surface area contributed by atoms with Gasteiger partial charge in [0.2, 0.25) is 6.41 Å². The van der Waals surface area contributed by atoms with Crippen LogP contribution >= 0.6 is 0 Å². The Hall–Kier alpha value is -3.45. The van der Waals surface area contributed by atoms with Gasteiger partial charge >= 0.3 is 5.69 Å². The van der Waals surface area contributed by atoms with E-state index < -0.39 is 0 Å². The first kappa shape index (κ1) is 18.6. The monoisotopic (exact) mass is 402 g/mol. The number of carbonyl (C=O) groups excluding carboxylic acids is 1. The van der Waals surface area contributed by atoms with E-state index in [1.165, 1.54) is 0 Å². The van der Waals surface area contributed by atoms with Crippen LogP contribution in [0.4, 0.5) is 5.69 Å². The summed E-state index contributed by atoms with van der Waals surface area (Å²) in [5.74, 6) is 0. The van der Waals surface area contributed by atoms with Crippen molar-refractivity contribution in [3.05, 3.63) is 59.1 Å². The topological polar surface area (TPSA) is 78.1 Å². The molecular formula is C23H22N4O3. The van der Waals surface area contributed by atoms with E-state index >= 15 is 0 Å². The molecule has 1 aliphatic heterocycles. The Morgan fingerprint density at radius 3 is 2.57 bits per heavy atom. The summed E-state index contributed by atoms with van der Waals surface area (Å²) in [5.41, 5.74) is 5.42. The van der Waals surface area contributed by atoms with Gasteiger partial charge in [-0.25, -0.2) is 4.79 Å².